The highest BCUT2D eigenvalue weighted by molar-refractivity contribution is 5.76. The molecule has 0 saturated carbocycles. The largest absolute Gasteiger partial charge is 0.394 e. The van der Waals surface area contributed by atoms with E-state index in [0.717, 1.165) is 77.0 Å². The maximum atomic E-state index is 13.0. The molecule has 1 heterocycles. The van der Waals surface area contributed by atoms with E-state index in [4.69, 9.17) is 9.47 Å². The maximum absolute atomic E-state index is 13.0. The second kappa shape index (κ2) is 41.4. The van der Waals surface area contributed by atoms with Crippen molar-refractivity contribution in [2.45, 2.75) is 269 Å². The Morgan fingerprint density at radius 2 is 1.03 bits per heavy atom. The molecule has 6 N–H and O–H groups in total. The molecule has 0 aromatic rings. The SMILES string of the molecule is CC/C=C\C/C=C\C/C=C\CCCCCCCC(=O)NC(COC1OC(CO)C(O)C(O)C1O)C(O)CCCCCCCCCCCCCCCCCCCCCCCC. The zero-order chi connectivity index (χ0) is 43.7. The summed E-state index contributed by atoms with van der Waals surface area (Å²) in [5.74, 6) is -0.160. The number of hydrogen-bond donors (Lipinski definition) is 6. The quantitative estimate of drug-likeness (QED) is 0.0263. The van der Waals surface area contributed by atoms with Gasteiger partial charge in [-0.05, 0) is 44.9 Å². The van der Waals surface area contributed by atoms with Crippen LogP contribution in [-0.4, -0.2) is 87.5 Å². The summed E-state index contributed by atoms with van der Waals surface area (Å²) in [7, 11) is 0. The van der Waals surface area contributed by atoms with E-state index >= 15 is 0 Å². The second-order valence-electron chi connectivity index (χ2n) is 17.6. The van der Waals surface area contributed by atoms with Crippen molar-refractivity contribution in [2.75, 3.05) is 13.2 Å². The van der Waals surface area contributed by atoms with E-state index in [2.05, 4.69) is 55.6 Å². The predicted molar refractivity (Wildman–Crippen MR) is 249 cm³/mol. The van der Waals surface area contributed by atoms with Crippen molar-refractivity contribution in [1.82, 2.24) is 5.32 Å². The molecule has 0 bridgehead atoms. The summed E-state index contributed by atoms with van der Waals surface area (Å²) in [5.41, 5.74) is 0. The van der Waals surface area contributed by atoms with E-state index in [0.29, 0.717) is 12.8 Å². The monoisotopic (exact) mass is 850 g/mol. The van der Waals surface area contributed by atoms with E-state index in [9.17, 15) is 30.3 Å². The van der Waals surface area contributed by atoms with Gasteiger partial charge in [-0.2, -0.15) is 0 Å². The minimum atomic E-state index is -1.56. The van der Waals surface area contributed by atoms with Gasteiger partial charge in [-0.25, -0.2) is 0 Å². The number of hydrogen-bond acceptors (Lipinski definition) is 8. The Balaban J connectivity index is 2.27. The average molecular weight is 850 g/mol. The summed E-state index contributed by atoms with van der Waals surface area (Å²) in [5, 5.41) is 54.5. The first-order valence-electron chi connectivity index (χ1n) is 25.2. The fourth-order valence-electron chi connectivity index (χ4n) is 8.00. The van der Waals surface area contributed by atoms with Gasteiger partial charge >= 0.3 is 0 Å². The molecule has 0 aromatic carbocycles. The van der Waals surface area contributed by atoms with Gasteiger partial charge in [0.25, 0.3) is 0 Å². The van der Waals surface area contributed by atoms with Crippen LogP contribution in [-0.2, 0) is 14.3 Å². The van der Waals surface area contributed by atoms with Crippen molar-refractivity contribution in [3.63, 3.8) is 0 Å². The molecule has 1 saturated heterocycles. The third kappa shape index (κ3) is 31.3. The van der Waals surface area contributed by atoms with Crippen LogP contribution in [0, 0.1) is 0 Å². The number of amides is 1. The van der Waals surface area contributed by atoms with Crippen LogP contribution in [0.3, 0.4) is 0 Å². The first kappa shape index (κ1) is 56.4. The Labute approximate surface area is 368 Å². The number of aliphatic hydroxyl groups excluding tert-OH is 5. The lowest BCUT2D eigenvalue weighted by Gasteiger charge is -2.40. The van der Waals surface area contributed by atoms with E-state index in [1.807, 2.05) is 0 Å². The number of ether oxygens (including phenoxy) is 2. The van der Waals surface area contributed by atoms with E-state index < -0.39 is 49.5 Å². The average Bonchev–Trinajstić information content (AvgIpc) is 3.25. The normalized spacial score (nSPS) is 20.8. The molecule has 1 rings (SSSR count). The van der Waals surface area contributed by atoms with Crippen molar-refractivity contribution in [1.29, 1.82) is 0 Å². The van der Waals surface area contributed by atoms with Gasteiger partial charge in [0.05, 0.1) is 25.4 Å². The van der Waals surface area contributed by atoms with Crippen molar-refractivity contribution in [3.8, 4) is 0 Å². The number of carbonyl (C=O) groups excluding carboxylic acids is 1. The summed E-state index contributed by atoms with van der Waals surface area (Å²) in [6.45, 7) is 3.72. The Morgan fingerprint density at radius 3 is 1.53 bits per heavy atom. The van der Waals surface area contributed by atoms with Gasteiger partial charge in [0.1, 0.15) is 24.4 Å². The summed E-state index contributed by atoms with van der Waals surface area (Å²) < 4.78 is 11.3. The zero-order valence-electron chi connectivity index (χ0n) is 38.7. The standard InChI is InChI=1S/C51H95NO8/c1-3-5-7-9-11-13-15-17-19-20-21-22-23-24-25-27-28-30-32-34-36-38-40-45(54)44(43-59-51-50(58)49(57)48(56)46(42-53)60-51)52-47(55)41-39-37-35-33-31-29-26-18-16-14-12-10-8-6-4-2/h6,8,12,14,18,26,44-46,48-51,53-54,56-58H,3-5,7,9-11,13,15-17,19-25,27-43H2,1-2H3,(H,52,55)/b8-6-,14-12-,26-18-. The first-order chi connectivity index (χ1) is 29.3. The van der Waals surface area contributed by atoms with Gasteiger partial charge in [0.2, 0.25) is 5.91 Å². The van der Waals surface area contributed by atoms with Gasteiger partial charge in [-0.1, -0.05) is 211 Å². The van der Waals surface area contributed by atoms with Crippen LogP contribution in [0.5, 0.6) is 0 Å². The van der Waals surface area contributed by atoms with E-state index in [-0.39, 0.29) is 12.5 Å². The molecule has 1 aliphatic rings. The highest BCUT2D eigenvalue weighted by Gasteiger charge is 2.44. The predicted octanol–water partition coefficient (Wildman–Crippen LogP) is 11.2. The fourth-order valence-corrected chi connectivity index (χ4v) is 8.00. The van der Waals surface area contributed by atoms with Crippen LogP contribution in [0.4, 0.5) is 0 Å². The van der Waals surface area contributed by atoms with Gasteiger partial charge in [0.15, 0.2) is 6.29 Å². The molecule has 0 radical (unpaired) electrons. The van der Waals surface area contributed by atoms with Crippen LogP contribution in [0.2, 0.25) is 0 Å². The smallest absolute Gasteiger partial charge is 0.220 e. The summed E-state index contributed by atoms with van der Waals surface area (Å²) in [6.07, 6.45) is 44.4. The minimum Gasteiger partial charge on any atom is -0.394 e. The molecular weight excluding hydrogens is 755 g/mol. The number of carbonyl (C=O) groups is 1. The topological polar surface area (TPSA) is 149 Å². The van der Waals surface area contributed by atoms with Crippen LogP contribution in [0.25, 0.3) is 0 Å². The highest BCUT2D eigenvalue weighted by Crippen LogP contribution is 2.23. The number of allylic oxidation sites excluding steroid dienone is 6. The minimum absolute atomic E-state index is 0.145. The van der Waals surface area contributed by atoms with Gasteiger partial charge in [-0.15, -0.1) is 0 Å². The first-order valence-corrected chi connectivity index (χ1v) is 25.2. The fraction of sp³-hybridized carbons (Fsp3) is 0.863. The van der Waals surface area contributed by atoms with Crippen molar-refractivity contribution < 1.29 is 39.8 Å². The Kier molecular flexibility index (Phi) is 39.0. The number of nitrogens with one attached hydrogen (secondary N) is 1. The zero-order valence-corrected chi connectivity index (χ0v) is 38.7. The molecule has 352 valence electrons. The van der Waals surface area contributed by atoms with Crippen molar-refractivity contribution >= 4 is 5.91 Å². The van der Waals surface area contributed by atoms with Crippen molar-refractivity contribution in [3.05, 3.63) is 36.5 Å². The summed E-state index contributed by atoms with van der Waals surface area (Å²) >= 11 is 0. The summed E-state index contributed by atoms with van der Waals surface area (Å²) in [6, 6.07) is -0.728. The molecule has 1 fully saturated rings. The third-order valence-electron chi connectivity index (χ3n) is 12.0. The lowest BCUT2D eigenvalue weighted by Crippen LogP contribution is -2.60. The molecule has 0 aromatic heterocycles. The summed E-state index contributed by atoms with van der Waals surface area (Å²) in [4.78, 5) is 13.0. The van der Waals surface area contributed by atoms with Gasteiger partial charge < -0.3 is 40.3 Å². The van der Waals surface area contributed by atoms with Gasteiger partial charge in [0, 0.05) is 6.42 Å². The van der Waals surface area contributed by atoms with E-state index in [1.165, 1.54) is 122 Å². The Hall–Kier alpha value is -1.59. The molecule has 7 atom stereocenters. The second-order valence-corrected chi connectivity index (χ2v) is 17.6. The lowest BCUT2D eigenvalue weighted by molar-refractivity contribution is -0.302. The molecular formula is C51H95NO8. The number of aliphatic hydroxyl groups is 5. The van der Waals surface area contributed by atoms with Crippen LogP contribution >= 0.6 is 0 Å². The third-order valence-corrected chi connectivity index (χ3v) is 12.0. The molecule has 9 heteroatoms. The number of unbranched alkanes of at least 4 members (excludes halogenated alkanes) is 26. The van der Waals surface area contributed by atoms with Crippen LogP contribution < -0.4 is 5.32 Å². The molecule has 0 aliphatic carbocycles. The molecule has 7 unspecified atom stereocenters. The molecule has 1 aliphatic heterocycles. The molecule has 9 nitrogen and oxygen atoms in total. The van der Waals surface area contributed by atoms with E-state index in [1.54, 1.807) is 0 Å². The molecule has 1 amide bonds. The van der Waals surface area contributed by atoms with Crippen LogP contribution in [0.1, 0.15) is 226 Å². The maximum Gasteiger partial charge on any atom is 0.220 e. The molecule has 60 heavy (non-hydrogen) atoms. The van der Waals surface area contributed by atoms with Crippen molar-refractivity contribution in [2.24, 2.45) is 0 Å². The Morgan fingerprint density at radius 1 is 0.583 bits per heavy atom. The number of rotatable bonds is 42. The highest BCUT2D eigenvalue weighted by atomic mass is 16.7. The Bertz CT molecular complexity index is 1030. The molecule has 0 spiro atoms. The van der Waals surface area contributed by atoms with Crippen LogP contribution in [0.15, 0.2) is 36.5 Å². The van der Waals surface area contributed by atoms with Gasteiger partial charge in [-0.3, -0.25) is 4.79 Å². The lowest BCUT2D eigenvalue weighted by atomic mass is 9.99.